The summed E-state index contributed by atoms with van der Waals surface area (Å²) in [5.74, 6) is -0.647. The summed E-state index contributed by atoms with van der Waals surface area (Å²) in [5.41, 5.74) is 0. The van der Waals surface area contributed by atoms with Crippen molar-refractivity contribution in [1.29, 1.82) is 0 Å². The highest BCUT2D eigenvalue weighted by Gasteiger charge is 2.23. The minimum Gasteiger partial charge on any atom is -0.481 e. The van der Waals surface area contributed by atoms with Gasteiger partial charge in [0.25, 0.3) is 0 Å². The fourth-order valence-electron chi connectivity index (χ4n) is 1.83. The molecule has 0 aromatic carbocycles. The smallest absolute Gasteiger partial charge is 0.303 e. The molecule has 1 aliphatic carbocycles. The predicted molar refractivity (Wildman–Crippen MR) is 69.4 cm³/mol. The molecule has 2 N–H and O–H groups in total. The fourth-order valence-corrected chi connectivity index (χ4v) is 1.83. The van der Waals surface area contributed by atoms with Crippen molar-refractivity contribution < 1.29 is 14.7 Å². The van der Waals surface area contributed by atoms with Crippen molar-refractivity contribution >= 4 is 11.9 Å². The lowest BCUT2D eigenvalue weighted by atomic mass is 10.2. The van der Waals surface area contributed by atoms with Crippen LogP contribution in [0.15, 0.2) is 0 Å². The molecule has 0 bridgehead atoms. The van der Waals surface area contributed by atoms with Gasteiger partial charge in [-0.2, -0.15) is 0 Å². The molecule has 1 rings (SSSR count). The molecular weight excluding hydrogens is 232 g/mol. The molecule has 0 heterocycles. The minimum atomic E-state index is -0.759. The minimum absolute atomic E-state index is 0.112. The maximum absolute atomic E-state index is 11.6. The number of hydrogen-bond donors (Lipinski definition) is 2. The van der Waals surface area contributed by atoms with E-state index < -0.39 is 5.97 Å². The molecule has 1 saturated carbocycles. The summed E-state index contributed by atoms with van der Waals surface area (Å²) in [4.78, 5) is 24.2. The molecule has 0 aromatic heterocycles. The van der Waals surface area contributed by atoms with Crippen molar-refractivity contribution in [2.75, 3.05) is 13.1 Å². The van der Waals surface area contributed by atoms with E-state index in [1.807, 2.05) is 0 Å². The average Bonchev–Trinajstić information content (AvgIpc) is 3.05. The Balaban J connectivity index is 2.19. The molecular formula is C13H24N2O3. The molecule has 0 unspecified atom stereocenters. The van der Waals surface area contributed by atoms with Gasteiger partial charge in [0.05, 0.1) is 0 Å². The van der Waals surface area contributed by atoms with Crippen LogP contribution in [0.25, 0.3) is 0 Å². The van der Waals surface area contributed by atoms with Gasteiger partial charge in [-0.05, 0) is 39.7 Å². The van der Waals surface area contributed by atoms with Gasteiger partial charge in [0.2, 0.25) is 5.91 Å². The predicted octanol–water partition coefficient (Wildman–Crippen LogP) is 1.23. The number of carboxylic acid groups (broad SMARTS) is 1. The molecule has 0 spiro atoms. The van der Waals surface area contributed by atoms with Crippen molar-refractivity contribution in [3.63, 3.8) is 0 Å². The molecule has 5 heteroatoms. The Hall–Kier alpha value is -1.10. The molecule has 0 saturated heterocycles. The molecule has 1 fully saturated rings. The third kappa shape index (κ3) is 6.59. The highest BCUT2D eigenvalue weighted by atomic mass is 16.4. The van der Waals surface area contributed by atoms with Crippen LogP contribution in [0.5, 0.6) is 0 Å². The van der Waals surface area contributed by atoms with Gasteiger partial charge >= 0.3 is 5.97 Å². The van der Waals surface area contributed by atoms with E-state index in [2.05, 4.69) is 24.1 Å². The van der Waals surface area contributed by atoms with Crippen molar-refractivity contribution in [2.45, 2.75) is 58.0 Å². The molecule has 0 aromatic rings. The van der Waals surface area contributed by atoms with Crippen LogP contribution >= 0.6 is 0 Å². The molecule has 104 valence electrons. The van der Waals surface area contributed by atoms with E-state index >= 15 is 0 Å². The number of amides is 1. The van der Waals surface area contributed by atoms with Gasteiger partial charge in [-0.1, -0.05) is 0 Å². The molecule has 1 aliphatic rings. The zero-order chi connectivity index (χ0) is 13.5. The third-order valence-electron chi connectivity index (χ3n) is 3.13. The molecule has 1 amide bonds. The first kappa shape index (κ1) is 15.0. The van der Waals surface area contributed by atoms with Crippen molar-refractivity contribution in [3.8, 4) is 0 Å². The Morgan fingerprint density at radius 3 is 2.44 bits per heavy atom. The summed E-state index contributed by atoms with van der Waals surface area (Å²) in [6.07, 6.45) is 3.55. The van der Waals surface area contributed by atoms with E-state index in [4.69, 9.17) is 5.11 Å². The lowest BCUT2D eigenvalue weighted by Crippen LogP contribution is -2.36. The van der Waals surface area contributed by atoms with Crippen LogP contribution in [-0.4, -0.2) is 47.1 Å². The number of carboxylic acids is 1. The SMILES string of the molecule is CC(C)N(CCCC(=O)O)CCC(=O)NC1CC1. The number of nitrogens with zero attached hydrogens (tertiary/aromatic N) is 1. The first-order valence-electron chi connectivity index (χ1n) is 6.74. The number of carbonyl (C=O) groups is 2. The summed E-state index contributed by atoms with van der Waals surface area (Å²) in [6.45, 7) is 5.58. The first-order chi connectivity index (χ1) is 8.49. The quantitative estimate of drug-likeness (QED) is 0.651. The van der Waals surface area contributed by atoms with Crippen LogP contribution in [0.2, 0.25) is 0 Å². The summed E-state index contributed by atoms with van der Waals surface area (Å²) in [5, 5.41) is 11.6. The molecule has 5 nitrogen and oxygen atoms in total. The summed E-state index contributed by atoms with van der Waals surface area (Å²) in [7, 11) is 0. The largest absolute Gasteiger partial charge is 0.481 e. The number of nitrogens with one attached hydrogen (secondary N) is 1. The average molecular weight is 256 g/mol. The summed E-state index contributed by atoms with van der Waals surface area (Å²) < 4.78 is 0. The molecule has 0 atom stereocenters. The van der Waals surface area contributed by atoms with Gasteiger partial charge in [-0.15, -0.1) is 0 Å². The lowest BCUT2D eigenvalue weighted by molar-refractivity contribution is -0.137. The second-order valence-electron chi connectivity index (χ2n) is 5.22. The second kappa shape index (κ2) is 7.36. The van der Waals surface area contributed by atoms with E-state index in [1.54, 1.807) is 0 Å². The maximum atomic E-state index is 11.6. The molecule has 0 aliphatic heterocycles. The normalized spacial score (nSPS) is 15.1. The van der Waals surface area contributed by atoms with Gasteiger partial charge in [-0.3, -0.25) is 9.59 Å². The highest BCUT2D eigenvalue weighted by Crippen LogP contribution is 2.18. The van der Waals surface area contributed by atoms with Crippen LogP contribution in [0.4, 0.5) is 0 Å². The van der Waals surface area contributed by atoms with Crippen LogP contribution in [0.1, 0.15) is 46.0 Å². The van der Waals surface area contributed by atoms with Crippen LogP contribution in [0, 0.1) is 0 Å². The Kier molecular flexibility index (Phi) is 6.12. The first-order valence-corrected chi connectivity index (χ1v) is 6.74. The lowest BCUT2D eigenvalue weighted by Gasteiger charge is -2.25. The van der Waals surface area contributed by atoms with Crippen molar-refractivity contribution in [2.24, 2.45) is 0 Å². The van der Waals surface area contributed by atoms with Gasteiger partial charge in [0.1, 0.15) is 0 Å². The van der Waals surface area contributed by atoms with Crippen LogP contribution < -0.4 is 5.32 Å². The maximum Gasteiger partial charge on any atom is 0.303 e. The molecule has 0 radical (unpaired) electrons. The van der Waals surface area contributed by atoms with E-state index in [9.17, 15) is 9.59 Å². The number of rotatable bonds is 9. The monoisotopic (exact) mass is 256 g/mol. The van der Waals surface area contributed by atoms with Crippen LogP contribution in [0.3, 0.4) is 0 Å². The van der Waals surface area contributed by atoms with Crippen molar-refractivity contribution in [3.05, 3.63) is 0 Å². The summed E-state index contributed by atoms with van der Waals surface area (Å²) >= 11 is 0. The van der Waals surface area contributed by atoms with E-state index in [-0.39, 0.29) is 12.3 Å². The topological polar surface area (TPSA) is 69.6 Å². The van der Waals surface area contributed by atoms with Gasteiger partial charge in [0.15, 0.2) is 0 Å². The van der Waals surface area contributed by atoms with E-state index in [0.29, 0.717) is 31.5 Å². The van der Waals surface area contributed by atoms with Gasteiger partial charge in [0, 0.05) is 31.5 Å². The Labute approximate surface area is 109 Å². The van der Waals surface area contributed by atoms with E-state index in [1.165, 1.54) is 0 Å². The number of hydrogen-bond acceptors (Lipinski definition) is 3. The Bertz CT molecular complexity index is 288. The highest BCUT2D eigenvalue weighted by molar-refractivity contribution is 5.76. The zero-order valence-corrected chi connectivity index (χ0v) is 11.3. The standard InChI is InChI=1S/C13H24N2O3/c1-10(2)15(8-3-4-13(17)18)9-7-12(16)14-11-5-6-11/h10-11H,3-9H2,1-2H3,(H,14,16)(H,17,18). The fraction of sp³-hybridized carbons (Fsp3) is 0.846. The van der Waals surface area contributed by atoms with Crippen molar-refractivity contribution in [1.82, 2.24) is 10.2 Å². The van der Waals surface area contributed by atoms with Crippen LogP contribution in [-0.2, 0) is 9.59 Å². The molecule has 18 heavy (non-hydrogen) atoms. The van der Waals surface area contributed by atoms with Gasteiger partial charge < -0.3 is 15.3 Å². The summed E-state index contributed by atoms with van der Waals surface area (Å²) in [6, 6.07) is 0.754. The Morgan fingerprint density at radius 2 is 1.94 bits per heavy atom. The Morgan fingerprint density at radius 1 is 1.28 bits per heavy atom. The third-order valence-corrected chi connectivity index (χ3v) is 3.13. The number of carbonyl (C=O) groups excluding carboxylic acids is 1. The van der Waals surface area contributed by atoms with E-state index in [0.717, 1.165) is 19.4 Å². The zero-order valence-electron chi connectivity index (χ0n) is 11.3. The van der Waals surface area contributed by atoms with Gasteiger partial charge in [-0.25, -0.2) is 0 Å². The number of aliphatic carboxylic acids is 1. The second-order valence-corrected chi connectivity index (χ2v) is 5.22.